The summed E-state index contributed by atoms with van der Waals surface area (Å²) in [5.74, 6) is 1.16. The van der Waals surface area contributed by atoms with Crippen LogP contribution in [0.1, 0.15) is 47.5 Å². The highest BCUT2D eigenvalue weighted by molar-refractivity contribution is 5.84. The molecule has 0 bridgehead atoms. The number of nitrogens with zero attached hydrogens (tertiary/aromatic N) is 9. The molecule has 3 aliphatic rings. The molecule has 5 N–H and O–H groups in total. The summed E-state index contributed by atoms with van der Waals surface area (Å²) >= 11 is 0. The molecule has 1 saturated carbocycles. The predicted molar refractivity (Wildman–Crippen MR) is 193 cm³/mol. The summed E-state index contributed by atoms with van der Waals surface area (Å²) in [4.78, 5) is 32.4. The summed E-state index contributed by atoms with van der Waals surface area (Å²) in [6.45, 7) is 4.16. The maximum absolute atomic E-state index is 11.5. The first kappa shape index (κ1) is 34.0. The normalized spacial score (nSPS) is 24.0. The second-order valence-corrected chi connectivity index (χ2v) is 14.0. The van der Waals surface area contributed by atoms with Gasteiger partial charge in [-0.3, -0.25) is 9.58 Å². The molecular weight excluding hydrogens is 664 g/mol. The molecule has 272 valence electrons. The molecule has 2 aromatic carbocycles. The SMILES string of the molecule is O=C(O)N1CCN(C2CCN(c3nc(NCC(c4ccccc4)c4ccccc4)c4ncn([C@@H]5C[C@H](n6cc(CO)cn6)[C@@H](O)[C@H]5O)c4n3)C2)CC1. The molecule has 1 amide bonds. The number of hydrogen-bond acceptors (Lipinski definition) is 11. The average Bonchev–Trinajstić information content (AvgIpc) is 4.00. The molecule has 52 heavy (non-hydrogen) atoms. The van der Waals surface area contributed by atoms with E-state index in [2.05, 4.69) is 44.5 Å². The molecule has 3 aromatic heterocycles. The van der Waals surface area contributed by atoms with Crippen molar-refractivity contribution in [3.05, 3.63) is 96.1 Å². The third kappa shape index (κ3) is 6.56. The van der Waals surface area contributed by atoms with Gasteiger partial charge in [-0.25, -0.2) is 9.78 Å². The monoisotopic (exact) mass is 708 g/mol. The first-order chi connectivity index (χ1) is 25.4. The summed E-state index contributed by atoms with van der Waals surface area (Å²) in [7, 11) is 0. The summed E-state index contributed by atoms with van der Waals surface area (Å²) in [5, 5.41) is 49.5. The Balaban J connectivity index is 1.12. The highest BCUT2D eigenvalue weighted by atomic mass is 16.4. The number of benzene rings is 2. The van der Waals surface area contributed by atoms with Crippen molar-refractivity contribution in [2.24, 2.45) is 0 Å². The van der Waals surface area contributed by atoms with Gasteiger partial charge in [0.05, 0.1) is 31.2 Å². The number of aromatic nitrogens is 6. The van der Waals surface area contributed by atoms with Gasteiger partial charge in [-0.1, -0.05) is 60.7 Å². The number of piperazine rings is 1. The van der Waals surface area contributed by atoms with Crippen molar-refractivity contribution >= 4 is 29.0 Å². The van der Waals surface area contributed by atoms with Gasteiger partial charge in [-0.15, -0.1) is 0 Å². The van der Waals surface area contributed by atoms with Crippen LogP contribution in [0.2, 0.25) is 0 Å². The van der Waals surface area contributed by atoms with Gasteiger partial charge in [0.2, 0.25) is 5.95 Å². The minimum Gasteiger partial charge on any atom is -0.465 e. The van der Waals surface area contributed by atoms with E-state index in [1.54, 1.807) is 23.4 Å². The molecule has 15 heteroatoms. The van der Waals surface area contributed by atoms with Crippen LogP contribution in [0.15, 0.2) is 79.4 Å². The maximum atomic E-state index is 11.5. The number of anilines is 2. The van der Waals surface area contributed by atoms with E-state index in [-0.39, 0.29) is 18.6 Å². The third-order valence-corrected chi connectivity index (χ3v) is 11.0. The molecule has 8 rings (SSSR count). The van der Waals surface area contributed by atoms with Crippen molar-refractivity contribution in [3.63, 3.8) is 0 Å². The zero-order valence-electron chi connectivity index (χ0n) is 28.8. The lowest BCUT2D eigenvalue weighted by Gasteiger charge is -2.36. The van der Waals surface area contributed by atoms with Crippen LogP contribution < -0.4 is 10.2 Å². The van der Waals surface area contributed by atoms with Gasteiger partial charge >= 0.3 is 6.09 Å². The zero-order chi connectivity index (χ0) is 35.8. The standard InChI is InChI=1S/C37H44N10O5/c48-22-24-18-40-47(20-24)30-17-29(32(49)33(30)50)46-23-39-31-34(38-19-28(25-7-3-1-4-8-25)26-9-5-2-6-10-26)41-36(42-35(31)46)45-12-11-27(21-45)43-13-15-44(16-14-43)37(51)52/h1-10,18,20,23,27-30,32-33,48-50H,11-17,19,21-22H2,(H,51,52)(H,38,41,42)/t27?,29-,30+,32+,33-/m1/s1. The molecule has 5 aromatic rings. The smallest absolute Gasteiger partial charge is 0.407 e. The van der Waals surface area contributed by atoms with Gasteiger partial charge in [0.25, 0.3) is 0 Å². The lowest BCUT2D eigenvalue weighted by atomic mass is 9.91. The van der Waals surface area contributed by atoms with Crippen molar-refractivity contribution < 1.29 is 25.2 Å². The van der Waals surface area contributed by atoms with Crippen LogP contribution in [-0.4, -0.2) is 130 Å². The number of carbonyl (C=O) groups is 1. The molecule has 1 aliphatic carbocycles. The second kappa shape index (κ2) is 14.5. The Labute approximate surface area is 300 Å². The van der Waals surface area contributed by atoms with Crippen LogP contribution in [0, 0.1) is 0 Å². The third-order valence-electron chi connectivity index (χ3n) is 11.0. The van der Waals surface area contributed by atoms with E-state index in [1.165, 1.54) is 16.0 Å². The first-order valence-corrected chi connectivity index (χ1v) is 17.9. The van der Waals surface area contributed by atoms with Crippen molar-refractivity contribution in [1.29, 1.82) is 0 Å². The van der Waals surface area contributed by atoms with Crippen LogP contribution in [0.4, 0.5) is 16.6 Å². The van der Waals surface area contributed by atoms with Crippen molar-refractivity contribution in [2.45, 2.75) is 55.7 Å². The molecule has 5 heterocycles. The molecule has 0 radical (unpaired) electrons. The Bertz CT molecular complexity index is 1940. The number of carboxylic acid groups (broad SMARTS) is 1. The van der Waals surface area contributed by atoms with Gasteiger partial charge in [0, 0.05) is 69.5 Å². The van der Waals surface area contributed by atoms with Crippen LogP contribution >= 0.6 is 0 Å². The Hall–Kier alpha value is -5.09. The Morgan fingerprint density at radius 3 is 2.25 bits per heavy atom. The predicted octanol–water partition coefficient (Wildman–Crippen LogP) is 2.54. The molecule has 15 nitrogen and oxygen atoms in total. The molecular formula is C37H44N10O5. The van der Waals surface area contributed by atoms with Gasteiger partial charge in [-0.2, -0.15) is 15.1 Å². The number of hydrogen-bond donors (Lipinski definition) is 5. The van der Waals surface area contributed by atoms with E-state index >= 15 is 0 Å². The Morgan fingerprint density at radius 2 is 1.60 bits per heavy atom. The van der Waals surface area contributed by atoms with Gasteiger partial charge < -0.3 is 40.1 Å². The zero-order valence-corrected chi connectivity index (χ0v) is 28.8. The number of rotatable bonds is 10. The molecule has 5 atom stereocenters. The van der Waals surface area contributed by atoms with Crippen molar-refractivity contribution in [3.8, 4) is 0 Å². The Kier molecular flexibility index (Phi) is 9.49. The number of nitrogens with one attached hydrogen (secondary N) is 1. The van der Waals surface area contributed by atoms with Crippen LogP contribution in [0.3, 0.4) is 0 Å². The minimum atomic E-state index is -1.11. The summed E-state index contributed by atoms with van der Waals surface area (Å²) in [6.07, 6.45) is 3.11. The largest absolute Gasteiger partial charge is 0.465 e. The minimum absolute atomic E-state index is 0.0315. The molecule has 0 spiro atoms. The van der Waals surface area contributed by atoms with Crippen LogP contribution in [0.5, 0.6) is 0 Å². The number of amides is 1. The number of imidazole rings is 1. The Morgan fingerprint density at radius 1 is 0.904 bits per heavy atom. The average molecular weight is 709 g/mol. The quantitative estimate of drug-likeness (QED) is 0.143. The first-order valence-electron chi connectivity index (χ1n) is 17.9. The summed E-state index contributed by atoms with van der Waals surface area (Å²) in [6, 6.07) is 19.9. The van der Waals surface area contributed by atoms with E-state index in [0.717, 1.165) is 13.0 Å². The number of aliphatic hydroxyl groups is 3. The number of fused-ring (bicyclic) bond motifs is 1. The lowest BCUT2D eigenvalue weighted by Crippen LogP contribution is -2.52. The number of aliphatic hydroxyl groups excluding tert-OH is 3. The summed E-state index contributed by atoms with van der Waals surface area (Å²) < 4.78 is 3.46. The summed E-state index contributed by atoms with van der Waals surface area (Å²) in [5.41, 5.74) is 4.08. The van der Waals surface area contributed by atoms with E-state index < -0.39 is 30.4 Å². The van der Waals surface area contributed by atoms with Gasteiger partial charge in [0.1, 0.15) is 12.2 Å². The van der Waals surface area contributed by atoms with E-state index in [4.69, 9.17) is 15.0 Å². The second-order valence-electron chi connectivity index (χ2n) is 14.0. The van der Waals surface area contributed by atoms with Crippen molar-refractivity contribution in [1.82, 2.24) is 39.1 Å². The molecule has 2 aliphatic heterocycles. The maximum Gasteiger partial charge on any atom is 0.407 e. The van der Waals surface area contributed by atoms with E-state index in [9.17, 15) is 25.2 Å². The molecule has 2 saturated heterocycles. The molecule has 1 unspecified atom stereocenters. The fourth-order valence-corrected chi connectivity index (χ4v) is 8.07. The van der Waals surface area contributed by atoms with E-state index in [0.29, 0.717) is 74.2 Å². The van der Waals surface area contributed by atoms with Crippen molar-refractivity contribution in [2.75, 3.05) is 56.0 Å². The fourth-order valence-electron chi connectivity index (χ4n) is 8.07. The van der Waals surface area contributed by atoms with E-state index in [1.807, 2.05) is 41.0 Å². The van der Waals surface area contributed by atoms with Gasteiger partial charge in [-0.05, 0) is 24.0 Å². The molecule has 3 fully saturated rings. The van der Waals surface area contributed by atoms with Gasteiger partial charge in [0.15, 0.2) is 17.0 Å². The fraction of sp³-hybridized carbons (Fsp3) is 0.432. The van der Waals surface area contributed by atoms with Crippen LogP contribution in [0.25, 0.3) is 11.2 Å². The topological polar surface area (TPSA) is 181 Å². The lowest BCUT2D eigenvalue weighted by molar-refractivity contribution is 0.00720. The van der Waals surface area contributed by atoms with Crippen LogP contribution in [-0.2, 0) is 6.61 Å². The highest BCUT2D eigenvalue weighted by Gasteiger charge is 2.45. The highest BCUT2D eigenvalue weighted by Crippen LogP contribution is 2.40.